The lowest BCUT2D eigenvalue weighted by Gasteiger charge is -2.48. The molecule has 3 aliphatic heterocycles. The van der Waals surface area contributed by atoms with E-state index in [0.717, 1.165) is 43.5 Å². The molecule has 3 heterocycles. The number of piperidine rings is 2. The Morgan fingerprint density at radius 2 is 1.93 bits per heavy atom. The molecule has 0 bridgehead atoms. The predicted molar refractivity (Wildman–Crippen MR) is 125 cm³/mol. The van der Waals surface area contributed by atoms with Crippen LogP contribution in [0, 0.1) is 11.8 Å². The Balaban J connectivity index is 0.00000225. The number of rotatable bonds is 4. The van der Waals surface area contributed by atoms with E-state index >= 15 is 0 Å². The number of nitrogens with one attached hydrogen (secondary N) is 1. The minimum absolute atomic E-state index is 0. The van der Waals surface area contributed by atoms with Gasteiger partial charge in [-0.05, 0) is 70.8 Å². The Morgan fingerprint density at radius 1 is 1.14 bits per heavy atom. The van der Waals surface area contributed by atoms with Gasteiger partial charge in [0.15, 0.2) is 15.8 Å². The summed E-state index contributed by atoms with van der Waals surface area (Å²) in [6, 6.07) is 1.97. The summed E-state index contributed by atoms with van der Waals surface area (Å²) >= 11 is 0. The summed E-state index contributed by atoms with van der Waals surface area (Å²) in [5, 5.41) is 3.55. The summed E-state index contributed by atoms with van der Waals surface area (Å²) in [7, 11) is -2.82. The first-order valence-corrected chi connectivity index (χ1v) is 12.8. The molecule has 0 spiro atoms. The van der Waals surface area contributed by atoms with Crippen LogP contribution in [0.3, 0.4) is 0 Å². The van der Waals surface area contributed by atoms with Crippen LogP contribution in [0.5, 0.6) is 0 Å². The highest BCUT2D eigenvalue weighted by Gasteiger charge is 2.42. The Labute approximate surface area is 187 Å². The van der Waals surface area contributed by atoms with E-state index in [2.05, 4.69) is 29.0 Å². The van der Waals surface area contributed by atoms with Crippen LogP contribution in [0.4, 0.5) is 0 Å². The number of guanidine groups is 1. The maximum atomic E-state index is 11.7. The van der Waals surface area contributed by atoms with Crippen LogP contribution in [-0.2, 0) is 9.84 Å². The quantitative estimate of drug-likeness (QED) is 0.348. The highest BCUT2D eigenvalue weighted by atomic mass is 127. The van der Waals surface area contributed by atoms with Gasteiger partial charge >= 0.3 is 0 Å². The van der Waals surface area contributed by atoms with E-state index in [4.69, 9.17) is 4.99 Å². The van der Waals surface area contributed by atoms with Crippen molar-refractivity contribution in [1.29, 1.82) is 0 Å². The first-order chi connectivity index (χ1) is 12.9. The van der Waals surface area contributed by atoms with Crippen LogP contribution in [0.2, 0.25) is 0 Å². The zero-order valence-electron chi connectivity index (χ0n) is 17.3. The van der Waals surface area contributed by atoms with Crippen LogP contribution in [0.25, 0.3) is 0 Å². The van der Waals surface area contributed by atoms with Crippen LogP contribution < -0.4 is 5.32 Å². The van der Waals surface area contributed by atoms with Gasteiger partial charge < -0.3 is 10.2 Å². The molecule has 1 saturated carbocycles. The molecule has 0 amide bonds. The Morgan fingerprint density at radius 3 is 2.57 bits per heavy atom. The van der Waals surface area contributed by atoms with Crippen molar-refractivity contribution in [2.24, 2.45) is 16.8 Å². The molecule has 4 fully saturated rings. The molecule has 3 saturated heterocycles. The third-order valence-corrected chi connectivity index (χ3v) is 8.51. The Hall–Kier alpha value is -0.0900. The van der Waals surface area contributed by atoms with Gasteiger partial charge in [0.25, 0.3) is 0 Å². The molecule has 8 heteroatoms. The van der Waals surface area contributed by atoms with Crippen molar-refractivity contribution in [1.82, 2.24) is 15.1 Å². The van der Waals surface area contributed by atoms with Gasteiger partial charge in [0.05, 0.1) is 11.5 Å². The molecule has 3 atom stereocenters. The van der Waals surface area contributed by atoms with Crippen molar-refractivity contribution >= 4 is 39.8 Å². The maximum absolute atomic E-state index is 11.7. The molecule has 0 aromatic heterocycles. The summed E-state index contributed by atoms with van der Waals surface area (Å²) in [4.78, 5) is 10.1. The summed E-state index contributed by atoms with van der Waals surface area (Å²) in [5.41, 5.74) is 0. The smallest absolute Gasteiger partial charge is 0.194 e. The fourth-order valence-corrected chi connectivity index (χ4v) is 7.07. The minimum Gasteiger partial charge on any atom is -0.354 e. The number of sulfone groups is 1. The standard InChI is InChI=1S/C20H36N4O2S.HI/c1-15(2)22-20(21-12-16-8-11-27(25,26)14-16)23-10-7-19-17(13-23)4-3-9-24(19)18-5-6-18;/h15-19H,3-14H2,1-2H3,(H,21,22);1H. The SMILES string of the molecule is CC(C)NC(=NCC1CCS(=O)(=O)C1)N1CCC2C(CCCN2C2CC2)C1.I. The molecule has 28 heavy (non-hydrogen) atoms. The number of hydrogen-bond acceptors (Lipinski definition) is 4. The normalized spacial score (nSPS) is 33.5. The Bertz CT molecular complexity index is 665. The molecule has 1 aliphatic carbocycles. The largest absolute Gasteiger partial charge is 0.354 e. The average Bonchev–Trinajstić information content (AvgIpc) is 3.41. The lowest BCUT2D eigenvalue weighted by Crippen LogP contribution is -2.58. The highest BCUT2D eigenvalue weighted by Crippen LogP contribution is 2.38. The molecular weight excluding hydrogens is 487 g/mol. The van der Waals surface area contributed by atoms with Crippen LogP contribution in [0.1, 0.15) is 52.4 Å². The summed E-state index contributed by atoms with van der Waals surface area (Å²) in [6.45, 7) is 8.39. The van der Waals surface area contributed by atoms with E-state index < -0.39 is 9.84 Å². The van der Waals surface area contributed by atoms with Gasteiger partial charge in [0, 0.05) is 37.8 Å². The molecule has 0 aromatic rings. The third kappa shape index (κ3) is 5.53. The van der Waals surface area contributed by atoms with Gasteiger partial charge in [-0.3, -0.25) is 9.89 Å². The van der Waals surface area contributed by atoms with Crippen LogP contribution >= 0.6 is 24.0 Å². The van der Waals surface area contributed by atoms with E-state index in [1.807, 2.05) is 0 Å². The summed E-state index contributed by atoms with van der Waals surface area (Å²) < 4.78 is 23.5. The molecule has 4 rings (SSSR count). The maximum Gasteiger partial charge on any atom is 0.194 e. The molecule has 1 N–H and O–H groups in total. The number of halogens is 1. The van der Waals surface area contributed by atoms with Gasteiger partial charge in [0.2, 0.25) is 0 Å². The zero-order chi connectivity index (χ0) is 19.0. The van der Waals surface area contributed by atoms with Crippen molar-refractivity contribution in [3.63, 3.8) is 0 Å². The molecule has 0 radical (unpaired) electrons. The number of likely N-dealkylation sites (tertiary alicyclic amines) is 2. The fourth-order valence-electron chi connectivity index (χ4n) is 5.22. The summed E-state index contributed by atoms with van der Waals surface area (Å²) in [5.74, 6) is 2.59. The second-order valence-electron chi connectivity index (χ2n) is 9.41. The van der Waals surface area contributed by atoms with Gasteiger partial charge in [0.1, 0.15) is 0 Å². The molecular formula is C20H37IN4O2S. The van der Waals surface area contributed by atoms with E-state index in [1.165, 1.54) is 38.6 Å². The first-order valence-electron chi connectivity index (χ1n) is 10.9. The number of hydrogen-bond donors (Lipinski definition) is 1. The van der Waals surface area contributed by atoms with E-state index in [0.29, 0.717) is 24.1 Å². The highest BCUT2D eigenvalue weighted by molar-refractivity contribution is 14.0. The van der Waals surface area contributed by atoms with E-state index in [9.17, 15) is 8.42 Å². The second-order valence-corrected chi connectivity index (χ2v) is 11.6. The van der Waals surface area contributed by atoms with Gasteiger partial charge in [-0.2, -0.15) is 0 Å². The first kappa shape index (κ1) is 22.6. The van der Waals surface area contributed by atoms with E-state index in [-0.39, 0.29) is 29.9 Å². The fraction of sp³-hybridized carbons (Fsp3) is 0.950. The Kier molecular flexibility index (Phi) is 7.56. The number of fused-ring (bicyclic) bond motifs is 1. The third-order valence-electron chi connectivity index (χ3n) is 6.67. The van der Waals surface area contributed by atoms with Crippen molar-refractivity contribution in [3.8, 4) is 0 Å². The summed E-state index contributed by atoms with van der Waals surface area (Å²) in [6.07, 6.45) is 7.47. The topological polar surface area (TPSA) is 65.0 Å². The van der Waals surface area contributed by atoms with Crippen molar-refractivity contribution < 1.29 is 8.42 Å². The molecule has 0 aromatic carbocycles. The number of nitrogens with zero attached hydrogens (tertiary/aromatic N) is 3. The average molecular weight is 525 g/mol. The monoisotopic (exact) mass is 524 g/mol. The van der Waals surface area contributed by atoms with Crippen LogP contribution in [0.15, 0.2) is 4.99 Å². The van der Waals surface area contributed by atoms with Gasteiger partial charge in [-0.1, -0.05) is 0 Å². The minimum atomic E-state index is -2.82. The lowest BCUT2D eigenvalue weighted by molar-refractivity contribution is 0.0368. The van der Waals surface area contributed by atoms with E-state index in [1.54, 1.807) is 0 Å². The zero-order valence-corrected chi connectivity index (χ0v) is 20.5. The van der Waals surface area contributed by atoms with Gasteiger partial charge in [-0.25, -0.2) is 8.42 Å². The van der Waals surface area contributed by atoms with Crippen molar-refractivity contribution in [2.75, 3.05) is 37.7 Å². The lowest BCUT2D eigenvalue weighted by atomic mass is 9.83. The second kappa shape index (κ2) is 9.37. The van der Waals surface area contributed by atoms with Crippen molar-refractivity contribution in [2.45, 2.75) is 70.5 Å². The molecule has 6 nitrogen and oxygen atoms in total. The molecule has 162 valence electrons. The van der Waals surface area contributed by atoms with Crippen LogP contribution in [-0.4, -0.2) is 80.0 Å². The molecule has 3 unspecified atom stereocenters. The number of aliphatic imine (C=N–C) groups is 1. The van der Waals surface area contributed by atoms with Crippen molar-refractivity contribution in [3.05, 3.63) is 0 Å². The predicted octanol–water partition coefficient (Wildman–Crippen LogP) is 2.34. The molecule has 4 aliphatic rings. The van der Waals surface area contributed by atoms with Gasteiger partial charge in [-0.15, -0.1) is 24.0 Å².